The molecule has 0 saturated carbocycles. The van der Waals surface area contributed by atoms with E-state index in [1.165, 1.54) is 6.07 Å². The van der Waals surface area contributed by atoms with E-state index in [0.717, 1.165) is 0 Å². The summed E-state index contributed by atoms with van der Waals surface area (Å²) in [5, 5.41) is 14.7. The van der Waals surface area contributed by atoms with Crippen molar-refractivity contribution in [1.82, 2.24) is 0 Å². The van der Waals surface area contributed by atoms with Crippen LogP contribution in [0.4, 0.5) is 17.1 Å². The molecule has 19 heavy (non-hydrogen) atoms. The molecule has 0 aromatic heterocycles. The summed E-state index contributed by atoms with van der Waals surface area (Å²) >= 11 is 15.2. The van der Waals surface area contributed by atoms with Crippen LogP contribution in [0.1, 0.15) is 0 Å². The molecule has 0 aliphatic heterocycles. The fourth-order valence-corrected chi connectivity index (χ4v) is 2.35. The molecule has 1 N–H and O–H groups in total. The van der Waals surface area contributed by atoms with E-state index in [-0.39, 0.29) is 5.69 Å². The lowest BCUT2D eigenvalue weighted by Crippen LogP contribution is -1.98. The molecule has 0 saturated heterocycles. The third kappa shape index (κ3) is 3.18. The molecule has 0 fully saturated rings. The smallest absolute Gasteiger partial charge is 0.293 e. The van der Waals surface area contributed by atoms with Crippen LogP contribution >= 0.6 is 39.1 Å². The van der Waals surface area contributed by atoms with E-state index in [1.807, 2.05) is 0 Å². The number of nitrogens with zero attached hydrogens (tertiary/aromatic N) is 1. The van der Waals surface area contributed by atoms with Crippen molar-refractivity contribution in [3.63, 3.8) is 0 Å². The van der Waals surface area contributed by atoms with Gasteiger partial charge in [-0.15, -0.1) is 0 Å². The van der Waals surface area contributed by atoms with Gasteiger partial charge in [0.05, 0.1) is 20.7 Å². The first-order valence-electron chi connectivity index (χ1n) is 5.14. The molecular weight excluding hydrogens is 355 g/mol. The number of halogens is 3. The molecule has 0 aliphatic carbocycles. The van der Waals surface area contributed by atoms with E-state index < -0.39 is 4.92 Å². The number of para-hydroxylation sites is 1. The van der Waals surface area contributed by atoms with E-state index in [0.29, 0.717) is 25.9 Å². The highest BCUT2D eigenvalue weighted by Crippen LogP contribution is 2.36. The normalized spacial score (nSPS) is 10.3. The van der Waals surface area contributed by atoms with E-state index in [9.17, 15) is 10.1 Å². The zero-order valence-electron chi connectivity index (χ0n) is 9.36. The lowest BCUT2D eigenvalue weighted by Gasteiger charge is -2.10. The molecular formula is C12H7BrCl2N2O2. The van der Waals surface area contributed by atoms with Crippen molar-refractivity contribution in [2.45, 2.75) is 0 Å². The summed E-state index contributed by atoms with van der Waals surface area (Å²) in [6, 6.07) is 9.70. The summed E-state index contributed by atoms with van der Waals surface area (Å²) in [4.78, 5) is 10.5. The predicted octanol–water partition coefficient (Wildman–Crippen LogP) is 5.41. The second-order valence-electron chi connectivity index (χ2n) is 3.64. The zero-order valence-corrected chi connectivity index (χ0v) is 12.5. The van der Waals surface area contributed by atoms with Crippen LogP contribution in [0.25, 0.3) is 0 Å². The average molecular weight is 362 g/mol. The molecule has 0 radical (unpaired) electrons. The minimum Gasteiger partial charge on any atom is -0.347 e. The average Bonchev–Trinajstić information content (AvgIpc) is 2.35. The van der Waals surface area contributed by atoms with Gasteiger partial charge in [-0.1, -0.05) is 45.2 Å². The monoisotopic (exact) mass is 360 g/mol. The number of anilines is 2. The molecule has 0 aliphatic rings. The molecule has 2 aromatic carbocycles. The Kier molecular flexibility index (Phi) is 4.29. The number of nitro groups is 1. The fraction of sp³-hybridized carbons (Fsp3) is 0. The van der Waals surface area contributed by atoms with Gasteiger partial charge in [0.25, 0.3) is 5.69 Å². The van der Waals surface area contributed by atoms with Crippen LogP contribution in [0.15, 0.2) is 40.9 Å². The van der Waals surface area contributed by atoms with Gasteiger partial charge >= 0.3 is 0 Å². The molecule has 0 unspecified atom stereocenters. The van der Waals surface area contributed by atoms with Crippen LogP contribution in [0, 0.1) is 10.1 Å². The first-order chi connectivity index (χ1) is 8.99. The van der Waals surface area contributed by atoms with Gasteiger partial charge in [-0.25, -0.2) is 0 Å². The highest BCUT2D eigenvalue weighted by atomic mass is 79.9. The van der Waals surface area contributed by atoms with Gasteiger partial charge in [-0.05, 0) is 24.3 Å². The van der Waals surface area contributed by atoms with Crippen LogP contribution in [0.5, 0.6) is 0 Å². The van der Waals surface area contributed by atoms with Crippen LogP contribution in [-0.2, 0) is 0 Å². The maximum atomic E-state index is 11.0. The Labute approximate surface area is 127 Å². The Morgan fingerprint density at radius 3 is 2.37 bits per heavy atom. The molecule has 98 valence electrons. The molecule has 2 aromatic rings. The van der Waals surface area contributed by atoms with Gasteiger partial charge in [0.2, 0.25) is 0 Å². The standard InChI is InChI=1S/C12H7BrCl2N2O2/c13-7-4-5-10(11(6-7)17(18)19)16-12-8(14)2-1-3-9(12)15/h1-6,16H. The van der Waals surface area contributed by atoms with Gasteiger partial charge in [-0.2, -0.15) is 0 Å². The number of nitrogens with one attached hydrogen (secondary N) is 1. The largest absolute Gasteiger partial charge is 0.347 e. The summed E-state index contributed by atoms with van der Waals surface area (Å²) in [5.74, 6) is 0. The van der Waals surface area contributed by atoms with Gasteiger partial charge in [-0.3, -0.25) is 10.1 Å². The Balaban J connectivity index is 2.47. The van der Waals surface area contributed by atoms with E-state index >= 15 is 0 Å². The summed E-state index contributed by atoms with van der Waals surface area (Å²) in [7, 11) is 0. The van der Waals surface area contributed by atoms with Crippen molar-refractivity contribution < 1.29 is 4.92 Å². The van der Waals surface area contributed by atoms with E-state index in [1.54, 1.807) is 30.3 Å². The maximum absolute atomic E-state index is 11.0. The van der Waals surface area contributed by atoms with Crippen molar-refractivity contribution >= 4 is 56.2 Å². The highest BCUT2D eigenvalue weighted by Gasteiger charge is 2.16. The lowest BCUT2D eigenvalue weighted by atomic mass is 10.2. The summed E-state index contributed by atoms with van der Waals surface area (Å²) in [5.41, 5.74) is 0.699. The van der Waals surface area contributed by atoms with Crippen LogP contribution in [0.3, 0.4) is 0 Å². The molecule has 0 atom stereocenters. The number of hydrogen-bond acceptors (Lipinski definition) is 3. The number of benzene rings is 2. The second-order valence-corrected chi connectivity index (χ2v) is 5.37. The van der Waals surface area contributed by atoms with Gasteiger partial charge in [0, 0.05) is 10.5 Å². The minimum absolute atomic E-state index is 0.0645. The second kappa shape index (κ2) is 5.77. The van der Waals surface area contributed by atoms with Crippen molar-refractivity contribution in [2.75, 3.05) is 5.32 Å². The highest BCUT2D eigenvalue weighted by molar-refractivity contribution is 9.10. The first-order valence-corrected chi connectivity index (χ1v) is 6.69. The molecule has 7 heteroatoms. The SMILES string of the molecule is O=[N+]([O-])c1cc(Br)ccc1Nc1c(Cl)cccc1Cl. The zero-order chi connectivity index (χ0) is 14.0. The van der Waals surface area contributed by atoms with Gasteiger partial charge < -0.3 is 5.32 Å². The van der Waals surface area contributed by atoms with Crippen molar-refractivity contribution in [3.8, 4) is 0 Å². The van der Waals surface area contributed by atoms with Gasteiger partial charge in [0.1, 0.15) is 5.69 Å². The molecule has 0 spiro atoms. The van der Waals surface area contributed by atoms with Crippen molar-refractivity contribution in [3.05, 3.63) is 61.0 Å². The van der Waals surface area contributed by atoms with E-state index in [2.05, 4.69) is 21.2 Å². The molecule has 0 bridgehead atoms. The van der Waals surface area contributed by atoms with Crippen LogP contribution < -0.4 is 5.32 Å². The molecule has 0 heterocycles. The predicted molar refractivity (Wildman–Crippen MR) is 80.5 cm³/mol. The van der Waals surface area contributed by atoms with Crippen LogP contribution in [-0.4, -0.2) is 4.92 Å². The third-order valence-corrected chi connectivity index (χ3v) is 3.50. The quantitative estimate of drug-likeness (QED) is 0.587. The number of rotatable bonds is 3. The lowest BCUT2D eigenvalue weighted by molar-refractivity contribution is -0.384. The molecule has 4 nitrogen and oxygen atoms in total. The fourth-order valence-electron chi connectivity index (χ4n) is 1.51. The number of hydrogen-bond donors (Lipinski definition) is 1. The van der Waals surface area contributed by atoms with Crippen molar-refractivity contribution in [1.29, 1.82) is 0 Å². The Morgan fingerprint density at radius 1 is 1.16 bits per heavy atom. The summed E-state index contributed by atoms with van der Waals surface area (Å²) < 4.78 is 0.620. The van der Waals surface area contributed by atoms with E-state index in [4.69, 9.17) is 23.2 Å². The third-order valence-electron chi connectivity index (χ3n) is 2.38. The minimum atomic E-state index is -0.474. The number of nitro benzene ring substituents is 1. The summed E-state index contributed by atoms with van der Waals surface area (Å²) in [6.07, 6.45) is 0. The Hall–Kier alpha value is -1.30. The van der Waals surface area contributed by atoms with Crippen molar-refractivity contribution in [2.24, 2.45) is 0 Å². The maximum Gasteiger partial charge on any atom is 0.293 e. The Bertz CT molecular complexity index is 629. The topological polar surface area (TPSA) is 55.2 Å². The Morgan fingerprint density at radius 2 is 1.79 bits per heavy atom. The van der Waals surface area contributed by atoms with Gasteiger partial charge in [0.15, 0.2) is 0 Å². The van der Waals surface area contributed by atoms with Crippen LogP contribution in [0.2, 0.25) is 10.0 Å². The molecule has 0 amide bonds. The summed E-state index contributed by atoms with van der Waals surface area (Å²) in [6.45, 7) is 0. The first kappa shape index (κ1) is 14.1. The molecule has 2 rings (SSSR count).